The molecule has 0 spiro atoms. The Balaban J connectivity index is 1.73. The Labute approximate surface area is 192 Å². The molecule has 7 heteroatoms. The molecule has 0 saturated carbocycles. The highest BCUT2D eigenvalue weighted by Crippen LogP contribution is 2.30. The van der Waals surface area contributed by atoms with Gasteiger partial charge in [-0.2, -0.15) is 0 Å². The lowest BCUT2D eigenvalue weighted by Crippen LogP contribution is -2.35. The quantitative estimate of drug-likeness (QED) is 0.454. The zero-order chi connectivity index (χ0) is 23.1. The van der Waals surface area contributed by atoms with Crippen molar-refractivity contribution in [3.63, 3.8) is 0 Å². The number of nitrogens with one attached hydrogen (secondary N) is 2. The Morgan fingerprint density at radius 2 is 1.66 bits per heavy atom. The number of benzene rings is 2. The van der Waals surface area contributed by atoms with Crippen LogP contribution in [0.3, 0.4) is 0 Å². The SMILES string of the molecule is COC(=O)Nc1ccc(-c2csc(CC(NC(=O)OC(C)(C)C)c3ccccc3)c2)cc1. The number of hydrogen-bond donors (Lipinski definition) is 2. The third-order valence-corrected chi connectivity index (χ3v) is 5.56. The van der Waals surface area contributed by atoms with Crippen molar-refractivity contribution in [2.45, 2.75) is 38.8 Å². The van der Waals surface area contributed by atoms with Gasteiger partial charge in [-0.1, -0.05) is 42.5 Å². The second kappa shape index (κ2) is 10.3. The van der Waals surface area contributed by atoms with E-state index >= 15 is 0 Å². The number of methoxy groups -OCH3 is 1. The summed E-state index contributed by atoms with van der Waals surface area (Å²) in [5.74, 6) is 0. The Bertz CT molecular complexity index is 1040. The minimum atomic E-state index is -0.559. The third-order valence-electron chi connectivity index (χ3n) is 4.60. The van der Waals surface area contributed by atoms with Crippen LogP contribution in [0.5, 0.6) is 0 Å². The van der Waals surface area contributed by atoms with E-state index in [2.05, 4.69) is 26.8 Å². The van der Waals surface area contributed by atoms with Gasteiger partial charge in [-0.15, -0.1) is 11.3 Å². The highest BCUT2D eigenvalue weighted by Gasteiger charge is 2.21. The first-order valence-electron chi connectivity index (χ1n) is 10.3. The van der Waals surface area contributed by atoms with Gasteiger partial charge in [-0.05, 0) is 61.0 Å². The van der Waals surface area contributed by atoms with E-state index in [1.165, 1.54) is 7.11 Å². The van der Waals surface area contributed by atoms with Crippen molar-refractivity contribution in [1.82, 2.24) is 5.32 Å². The zero-order valence-electron chi connectivity index (χ0n) is 18.7. The summed E-state index contributed by atoms with van der Waals surface area (Å²) in [7, 11) is 1.33. The topological polar surface area (TPSA) is 76.7 Å². The molecule has 1 unspecified atom stereocenters. The number of thiophene rings is 1. The van der Waals surface area contributed by atoms with Crippen molar-refractivity contribution in [2.75, 3.05) is 12.4 Å². The van der Waals surface area contributed by atoms with Crippen LogP contribution in [-0.2, 0) is 15.9 Å². The summed E-state index contributed by atoms with van der Waals surface area (Å²) in [4.78, 5) is 24.9. The average Bonchev–Trinajstić information content (AvgIpc) is 3.21. The largest absolute Gasteiger partial charge is 0.453 e. The van der Waals surface area contributed by atoms with Gasteiger partial charge in [-0.25, -0.2) is 9.59 Å². The first-order chi connectivity index (χ1) is 15.2. The second-order valence-corrected chi connectivity index (χ2v) is 9.31. The van der Waals surface area contributed by atoms with E-state index < -0.39 is 17.8 Å². The van der Waals surface area contributed by atoms with Gasteiger partial charge in [0.25, 0.3) is 0 Å². The van der Waals surface area contributed by atoms with Crippen LogP contribution in [0, 0.1) is 0 Å². The van der Waals surface area contributed by atoms with Gasteiger partial charge in [0.05, 0.1) is 13.2 Å². The van der Waals surface area contributed by atoms with Crippen LogP contribution in [0.4, 0.5) is 15.3 Å². The minimum absolute atomic E-state index is 0.204. The molecule has 1 heterocycles. The molecule has 0 saturated heterocycles. The highest BCUT2D eigenvalue weighted by molar-refractivity contribution is 7.10. The first-order valence-corrected chi connectivity index (χ1v) is 11.2. The van der Waals surface area contributed by atoms with E-state index in [9.17, 15) is 9.59 Å². The highest BCUT2D eigenvalue weighted by atomic mass is 32.1. The van der Waals surface area contributed by atoms with Crippen molar-refractivity contribution >= 4 is 29.2 Å². The van der Waals surface area contributed by atoms with E-state index in [1.807, 2.05) is 75.4 Å². The Kier molecular flexibility index (Phi) is 7.53. The predicted molar refractivity (Wildman–Crippen MR) is 128 cm³/mol. The Morgan fingerprint density at radius 3 is 2.28 bits per heavy atom. The summed E-state index contributed by atoms with van der Waals surface area (Å²) in [6.45, 7) is 5.55. The first kappa shape index (κ1) is 23.3. The molecular formula is C25H28N2O4S. The zero-order valence-corrected chi connectivity index (χ0v) is 19.5. The maximum atomic E-state index is 12.4. The molecular weight excluding hydrogens is 424 g/mol. The summed E-state index contributed by atoms with van der Waals surface area (Å²) in [5.41, 5.74) is 3.25. The van der Waals surface area contributed by atoms with Crippen molar-refractivity contribution in [2.24, 2.45) is 0 Å². The molecule has 0 aliphatic heterocycles. The summed E-state index contributed by atoms with van der Waals surface area (Å²) in [6.07, 6.45) is -0.285. The lowest BCUT2D eigenvalue weighted by molar-refractivity contribution is 0.0503. The maximum absolute atomic E-state index is 12.4. The molecule has 3 aromatic rings. The number of alkyl carbamates (subject to hydrolysis) is 1. The number of carbonyl (C=O) groups excluding carboxylic acids is 2. The molecule has 1 atom stereocenters. The van der Waals surface area contributed by atoms with Gasteiger partial charge in [0.2, 0.25) is 0 Å². The summed E-state index contributed by atoms with van der Waals surface area (Å²) >= 11 is 1.64. The molecule has 6 nitrogen and oxygen atoms in total. The van der Waals surface area contributed by atoms with Crippen molar-refractivity contribution in [1.29, 1.82) is 0 Å². The Hall–Kier alpha value is -3.32. The molecule has 0 aliphatic carbocycles. The van der Waals surface area contributed by atoms with Crippen LogP contribution in [0.25, 0.3) is 11.1 Å². The third kappa shape index (κ3) is 6.85. The lowest BCUT2D eigenvalue weighted by Gasteiger charge is -2.23. The average molecular weight is 453 g/mol. The number of anilines is 1. The number of rotatable bonds is 6. The summed E-state index contributed by atoms with van der Waals surface area (Å²) < 4.78 is 10.1. The molecule has 2 aromatic carbocycles. The predicted octanol–water partition coefficient (Wildman–Crippen LogP) is 6.40. The monoisotopic (exact) mass is 452 g/mol. The molecule has 0 radical (unpaired) electrons. The number of carbonyl (C=O) groups is 2. The number of hydrogen-bond acceptors (Lipinski definition) is 5. The Morgan fingerprint density at radius 1 is 0.969 bits per heavy atom. The van der Waals surface area contributed by atoms with E-state index in [1.54, 1.807) is 11.3 Å². The number of amides is 2. The molecule has 0 fully saturated rings. The van der Waals surface area contributed by atoms with Gasteiger partial charge >= 0.3 is 12.2 Å². The maximum Gasteiger partial charge on any atom is 0.411 e. The summed E-state index contributed by atoms with van der Waals surface area (Å²) in [5, 5.41) is 7.75. The molecule has 32 heavy (non-hydrogen) atoms. The van der Waals surface area contributed by atoms with Crippen molar-refractivity contribution < 1.29 is 19.1 Å². The minimum Gasteiger partial charge on any atom is -0.453 e. The van der Waals surface area contributed by atoms with Crippen molar-refractivity contribution in [3.8, 4) is 11.1 Å². The fraction of sp³-hybridized carbons (Fsp3) is 0.280. The van der Waals surface area contributed by atoms with Gasteiger partial charge < -0.3 is 14.8 Å². The van der Waals surface area contributed by atoms with Gasteiger partial charge in [0.1, 0.15) is 5.60 Å². The molecule has 0 bridgehead atoms. The van der Waals surface area contributed by atoms with Crippen LogP contribution in [-0.4, -0.2) is 24.9 Å². The van der Waals surface area contributed by atoms with Crippen LogP contribution in [0.1, 0.15) is 37.3 Å². The number of ether oxygens (including phenoxy) is 2. The van der Waals surface area contributed by atoms with Crippen LogP contribution < -0.4 is 10.6 Å². The fourth-order valence-corrected chi connectivity index (χ4v) is 4.08. The van der Waals surface area contributed by atoms with E-state index in [0.29, 0.717) is 12.1 Å². The van der Waals surface area contributed by atoms with Gasteiger partial charge in [0, 0.05) is 17.0 Å². The van der Waals surface area contributed by atoms with Crippen LogP contribution >= 0.6 is 11.3 Å². The van der Waals surface area contributed by atoms with Gasteiger partial charge in [0.15, 0.2) is 0 Å². The molecule has 2 N–H and O–H groups in total. The van der Waals surface area contributed by atoms with E-state index in [0.717, 1.165) is 21.6 Å². The molecule has 1 aromatic heterocycles. The lowest BCUT2D eigenvalue weighted by atomic mass is 10.0. The van der Waals surface area contributed by atoms with E-state index in [4.69, 9.17) is 4.74 Å². The van der Waals surface area contributed by atoms with Gasteiger partial charge in [-0.3, -0.25) is 5.32 Å². The molecule has 0 aliphatic rings. The standard InChI is InChI=1S/C25H28N2O4S/c1-25(2,3)31-24(29)27-22(18-8-6-5-7-9-18)15-21-14-19(16-32-21)17-10-12-20(13-11-17)26-23(28)30-4/h5-14,16,22H,15H2,1-4H3,(H,26,28)(H,27,29). The molecule has 3 rings (SSSR count). The normalized spacial score (nSPS) is 12.0. The van der Waals surface area contributed by atoms with Crippen molar-refractivity contribution in [3.05, 3.63) is 76.5 Å². The molecule has 168 valence electrons. The fourth-order valence-electron chi connectivity index (χ4n) is 3.14. The van der Waals surface area contributed by atoms with E-state index in [-0.39, 0.29) is 6.04 Å². The second-order valence-electron chi connectivity index (χ2n) is 8.31. The molecule has 2 amide bonds. The smallest absolute Gasteiger partial charge is 0.411 e. The van der Waals surface area contributed by atoms with Crippen LogP contribution in [0.15, 0.2) is 66.0 Å². The summed E-state index contributed by atoms with van der Waals surface area (Å²) in [6, 6.07) is 19.4. The van der Waals surface area contributed by atoms with Crippen LogP contribution in [0.2, 0.25) is 0 Å².